The molecule has 0 saturated carbocycles. The van der Waals surface area contributed by atoms with E-state index < -0.39 is 4.92 Å². The molecule has 0 saturated heterocycles. The maximum atomic E-state index is 10.8. The fraction of sp³-hybridized carbons (Fsp3) is 0.111. The van der Waals surface area contributed by atoms with Gasteiger partial charge in [-0.05, 0) is 11.0 Å². The third kappa shape index (κ3) is 1.08. The number of imidazole rings is 2. The molecule has 0 fully saturated rings. The van der Waals surface area contributed by atoms with E-state index in [9.17, 15) is 10.1 Å². The Morgan fingerprint density at radius 2 is 2.25 bits per heavy atom. The van der Waals surface area contributed by atoms with Crippen molar-refractivity contribution in [1.82, 2.24) is 19.1 Å². The molecule has 80 valence electrons. The van der Waals surface area contributed by atoms with Gasteiger partial charge in [0.2, 0.25) is 5.82 Å². The monoisotopic (exact) mass is 217 g/mol. The van der Waals surface area contributed by atoms with Crippen LogP contribution in [0.1, 0.15) is 0 Å². The van der Waals surface area contributed by atoms with E-state index >= 15 is 0 Å². The average molecular weight is 217 g/mol. The van der Waals surface area contributed by atoms with Gasteiger partial charge in [0.1, 0.15) is 6.20 Å². The van der Waals surface area contributed by atoms with Gasteiger partial charge in [0.15, 0.2) is 0 Å². The Morgan fingerprint density at radius 1 is 1.38 bits per heavy atom. The van der Waals surface area contributed by atoms with Crippen LogP contribution in [0.2, 0.25) is 0 Å². The molecule has 1 aliphatic rings. The summed E-state index contributed by atoms with van der Waals surface area (Å²) in [6.07, 6.45) is 8.19. The molecule has 0 N–H and O–H groups in total. The molecule has 7 heteroatoms. The number of fused-ring (bicyclic) bond motifs is 3. The molecule has 0 spiro atoms. The normalized spacial score (nSPS) is 13.0. The van der Waals surface area contributed by atoms with Gasteiger partial charge in [-0.1, -0.05) is 0 Å². The quantitative estimate of drug-likeness (QED) is 0.530. The molecule has 3 heterocycles. The summed E-state index contributed by atoms with van der Waals surface area (Å²) in [5.41, 5.74) is 0. The highest BCUT2D eigenvalue weighted by Gasteiger charge is 2.24. The van der Waals surface area contributed by atoms with Crippen molar-refractivity contribution in [2.75, 3.05) is 0 Å². The SMILES string of the molecule is O=[N+]([O-])c1cnc2n1C=CCn1ccnc1-2. The first-order chi connectivity index (χ1) is 7.77. The van der Waals surface area contributed by atoms with Crippen LogP contribution >= 0.6 is 0 Å². The molecule has 0 atom stereocenters. The van der Waals surface area contributed by atoms with Crippen molar-refractivity contribution in [3.05, 3.63) is 34.8 Å². The van der Waals surface area contributed by atoms with Crippen molar-refractivity contribution in [3.63, 3.8) is 0 Å². The van der Waals surface area contributed by atoms with Gasteiger partial charge in [-0.25, -0.2) is 9.97 Å². The molecule has 0 aliphatic carbocycles. The first-order valence-corrected chi connectivity index (χ1v) is 4.67. The standard InChI is InChI=1S/C9H7N5O2/c15-14(16)7-6-11-9-8-10-2-5-12(8)3-1-4-13(7)9/h1-2,4-6H,3H2. The molecule has 0 amide bonds. The van der Waals surface area contributed by atoms with Gasteiger partial charge < -0.3 is 14.7 Å². The summed E-state index contributed by atoms with van der Waals surface area (Å²) in [7, 11) is 0. The highest BCUT2D eigenvalue weighted by Crippen LogP contribution is 2.24. The number of nitro groups is 1. The fourth-order valence-electron chi connectivity index (χ4n) is 1.73. The lowest BCUT2D eigenvalue weighted by Gasteiger charge is -1.98. The van der Waals surface area contributed by atoms with E-state index in [2.05, 4.69) is 9.97 Å². The van der Waals surface area contributed by atoms with Crippen LogP contribution in [0.3, 0.4) is 0 Å². The summed E-state index contributed by atoms with van der Waals surface area (Å²) >= 11 is 0. The second kappa shape index (κ2) is 3.02. The summed E-state index contributed by atoms with van der Waals surface area (Å²) in [4.78, 5) is 18.5. The molecule has 3 rings (SSSR count). The summed E-state index contributed by atoms with van der Waals surface area (Å²) in [5, 5.41) is 10.8. The van der Waals surface area contributed by atoms with Crippen LogP contribution < -0.4 is 0 Å². The second-order valence-corrected chi connectivity index (χ2v) is 3.36. The Kier molecular flexibility index (Phi) is 1.67. The number of allylic oxidation sites excluding steroid dienone is 1. The minimum absolute atomic E-state index is 0.0531. The smallest absolute Gasteiger partial charge is 0.347 e. The average Bonchev–Trinajstić information content (AvgIpc) is 2.82. The minimum Gasteiger partial charge on any atom is -0.358 e. The molecule has 2 aromatic rings. The summed E-state index contributed by atoms with van der Waals surface area (Å²) in [6.45, 7) is 0.635. The van der Waals surface area contributed by atoms with E-state index in [1.165, 1.54) is 10.8 Å². The zero-order chi connectivity index (χ0) is 11.1. The number of aromatic nitrogens is 4. The summed E-state index contributed by atoms with van der Waals surface area (Å²) in [5.74, 6) is 1.08. The Labute approximate surface area is 89.8 Å². The lowest BCUT2D eigenvalue weighted by molar-refractivity contribution is -0.390. The van der Waals surface area contributed by atoms with E-state index in [1.807, 2.05) is 16.8 Å². The van der Waals surface area contributed by atoms with Gasteiger partial charge in [-0.15, -0.1) is 0 Å². The Bertz CT molecular complexity index is 595. The van der Waals surface area contributed by atoms with Gasteiger partial charge in [0.05, 0.1) is 6.20 Å². The van der Waals surface area contributed by atoms with E-state index in [1.54, 1.807) is 12.4 Å². The van der Waals surface area contributed by atoms with Gasteiger partial charge >= 0.3 is 5.82 Å². The number of nitrogens with zero attached hydrogens (tertiary/aromatic N) is 5. The van der Waals surface area contributed by atoms with Crippen LogP contribution in [0, 0.1) is 10.1 Å². The Balaban J connectivity index is 2.29. The Morgan fingerprint density at radius 3 is 3.06 bits per heavy atom. The third-order valence-electron chi connectivity index (χ3n) is 2.44. The zero-order valence-corrected chi connectivity index (χ0v) is 8.15. The van der Waals surface area contributed by atoms with Crippen LogP contribution in [-0.2, 0) is 6.54 Å². The molecular formula is C9H7N5O2. The lowest BCUT2D eigenvalue weighted by atomic mass is 10.5. The third-order valence-corrected chi connectivity index (χ3v) is 2.44. The molecular weight excluding hydrogens is 210 g/mol. The van der Waals surface area contributed by atoms with Gasteiger partial charge in [0.25, 0.3) is 5.82 Å². The van der Waals surface area contributed by atoms with Crippen LogP contribution in [0.5, 0.6) is 0 Å². The van der Waals surface area contributed by atoms with Crippen LogP contribution in [-0.4, -0.2) is 24.0 Å². The molecule has 7 nitrogen and oxygen atoms in total. The topological polar surface area (TPSA) is 78.8 Å². The van der Waals surface area contributed by atoms with Crippen molar-refractivity contribution in [2.45, 2.75) is 6.54 Å². The first-order valence-electron chi connectivity index (χ1n) is 4.67. The van der Waals surface area contributed by atoms with E-state index in [4.69, 9.17) is 0 Å². The fourth-order valence-corrected chi connectivity index (χ4v) is 1.73. The maximum absolute atomic E-state index is 10.8. The molecule has 0 radical (unpaired) electrons. The zero-order valence-electron chi connectivity index (χ0n) is 8.15. The molecule has 16 heavy (non-hydrogen) atoms. The number of hydrogen-bond donors (Lipinski definition) is 0. The van der Waals surface area contributed by atoms with Crippen LogP contribution in [0.15, 0.2) is 24.7 Å². The van der Waals surface area contributed by atoms with Gasteiger partial charge in [-0.2, -0.15) is 4.57 Å². The number of hydrogen-bond acceptors (Lipinski definition) is 4. The predicted octanol–water partition coefficient (Wildman–Crippen LogP) is 1.14. The highest BCUT2D eigenvalue weighted by atomic mass is 16.6. The minimum atomic E-state index is -0.459. The summed E-state index contributed by atoms with van der Waals surface area (Å²) in [6, 6.07) is 0. The lowest BCUT2D eigenvalue weighted by Crippen LogP contribution is -1.99. The molecule has 2 aromatic heterocycles. The largest absolute Gasteiger partial charge is 0.358 e. The van der Waals surface area contributed by atoms with Crippen molar-refractivity contribution in [2.24, 2.45) is 0 Å². The van der Waals surface area contributed by atoms with Crippen molar-refractivity contribution < 1.29 is 4.92 Å². The Hall–Kier alpha value is -2.44. The van der Waals surface area contributed by atoms with E-state index in [0.717, 1.165) is 0 Å². The van der Waals surface area contributed by atoms with Crippen LogP contribution in [0.4, 0.5) is 5.82 Å². The van der Waals surface area contributed by atoms with E-state index in [0.29, 0.717) is 18.2 Å². The first kappa shape index (κ1) is 8.84. The van der Waals surface area contributed by atoms with Crippen LogP contribution in [0.25, 0.3) is 17.8 Å². The predicted molar refractivity (Wildman–Crippen MR) is 55.4 cm³/mol. The molecule has 0 aromatic carbocycles. The highest BCUT2D eigenvalue weighted by molar-refractivity contribution is 5.56. The second-order valence-electron chi connectivity index (χ2n) is 3.36. The maximum Gasteiger partial charge on any atom is 0.347 e. The molecule has 0 unspecified atom stereocenters. The van der Waals surface area contributed by atoms with Gasteiger partial charge in [0, 0.05) is 18.9 Å². The van der Waals surface area contributed by atoms with Crippen molar-refractivity contribution in [3.8, 4) is 11.6 Å². The van der Waals surface area contributed by atoms with Crippen molar-refractivity contribution >= 4 is 12.0 Å². The molecule has 0 bridgehead atoms. The summed E-state index contributed by atoms with van der Waals surface area (Å²) < 4.78 is 3.32. The van der Waals surface area contributed by atoms with E-state index in [-0.39, 0.29) is 5.82 Å². The van der Waals surface area contributed by atoms with Gasteiger partial charge in [-0.3, -0.25) is 0 Å². The molecule has 1 aliphatic heterocycles. The van der Waals surface area contributed by atoms with Crippen molar-refractivity contribution in [1.29, 1.82) is 0 Å². The number of rotatable bonds is 1.